The highest BCUT2D eigenvalue weighted by molar-refractivity contribution is 4.18. The summed E-state index contributed by atoms with van der Waals surface area (Å²) in [5.74, 6) is 0. The van der Waals surface area contributed by atoms with E-state index in [4.69, 9.17) is 9.84 Å². The molecule has 0 aliphatic carbocycles. The van der Waals surface area contributed by atoms with Crippen molar-refractivity contribution in [2.24, 2.45) is 0 Å². The summed E-state index contributed by atoms with van der Waals surface area (Å²) in [6.45, 7) is 7.20. The summed E-state index contributed by atoms with van der Waals surface area (Å²) < 4.78 is 4.73. The Kier molecular flexibility index (Phi) is 21.3. The molecule has 0 unspecified atom stereocenters. The molecular formula is C6H16O2. The fraction of sp³-hybridized carbons (Fsp3) is 1.00. The fourth-order valence-corrected chi connectivity index (χ4v) is 0.209. The van der Waals surface area contributed by atoms with Crippen LogP contribution in [0.5, 0.6) is 0 Å². The van der Waals surface area contributed by atoms with E-state index in [0.29, 0.717) is 13.2 Å². The first-order chi connectivity index (χ1) is 3.91. The maximum atomic E-state index is 8.07. The second kappa shape index (κ2) is 15.8. The van der Waals surface area contributed by atoms with Crippen molar-refractivity contribution in [3.8, 4) is 0 Å². The normalized spacial score (nSPS) is 7.50. The van der Waals surface area contributed by atoms with Crippen LogP contribution in [-0.4, -0.2) is 24.9 Å². The van der Waals surface area contributed by atoms with Crippen molar-refractivity contribution >= 4 is 0 Å². The minimum Gasteiger partial charge on any atom is -0.394 e. The van der Waals surface area contributed by atoms with Crippen molar-refractivity contribution in [2.75, 3.05) is 19.8 Å². The van der Waals surface area contributed by atoms with Crippen molar-refractivity contribution in [1.82, 2.24) is 0 Å². The van der Waals surface area contributed by atoms with Gasteiger partial charge in [0.2, 0.25) is 0 Å². The Balaban J connectivity index is 0. The minimum absolute atomic E-state index is 0.133. The quantitative estimate of drug-likeness (QED) is 0.564. The van der Waals surface area contributed by atoms with Gasteiger partial charge in [-0.2, -0.15) is 0 Å². The molecule has 0 saturated heterocycles. The molecule has 2 nitrogen and oxygen atoms in total. The molecule has 0 fully saturated rings. The van der Waals surface area contributed by atoms with Gasteiger partial charge in [-0.15, -0.1) is 0 Å². The second-order valence-corrected chi connectivity index (χ2v) is 0.921. The van der Waals surface area contributed by atoms with Crippen LogP contribution in [0.25, 0.3) is 0 Å². The molecular weight excluding hydrogens is 104 g/mol. The Morgan fingerprint density at radius 2 is 1.88 bits per heavy atom. The van der Waals surface area contributed by atoms with Gasteiger partial charge in [0.15, 0.2) is 0 Å². The Morgan fingerprint density at radius 1 is 1.38 bits per heavy atom. The Hall–Kier alpha value is -0.0800. The molecule has 0 aromatic carbocycles. The van der Waals surface area contributed by atoms with Gasteiger partial charge in [-0.25, -0.2) is 0 Å². The lowest BCUT2D eigenvalue weighted by molar-refractivity contribution is 0.102. The molecule has 1 N–H and O–H groups in total. The first-order valence-corrected chi connectivity index (χ1v) is 3.10. The number of hydrogen-bond donors (Lipinski definition) is 1. The summed E-state index contributed by atoms with van der Waals surface area (Å²) in [6.07, 6.45) is 0. The number of aliphatic hydroxyl groups excluding tert-OH is 1. The first-order valence-electron chi connectivity index (χ1n) is 3.10. The van der Waals surface area contributed by atoms with Crippen molar-refractivity contribution in [3.63, 3.8) is 0 Å². The van der Waals surface area contributed by atoms with E-state index in [-0.39, 0.29) is 6.61 Å². The lowest BCUT2D eigenvalue weighted by atomic mass is 10.8. The topological polar surface area (TPSA) is 29.5 Å². The molecule has 0 heterocycles. The molecule has 0 aromatic rings. The molecule has 0 saturated carbocycles. The molecule has 0 spiro atoms. The lowest BCUT2D eigenvalue weighted by Gasteiger charge is -1.91. The van der Waals surface area contributed by atoms with E-state index in [1.54, 1.807) is 0 Å². The van der Waals surface area contributed by atoms with Gasteiger partial charge < -0.3 is 9.84 Å². The third-order valence-electron chi connectivity index (χ3n) is 0.440. The van der Waals surface area contributed by atoms with Crippen LogP contribution in [0.4, 0.5) is 0 Å². The zero-order valence-electron chi connectivity index (χ0n) is 5.98. The van der Waals surface area contributed by atoms with E-state index >= 15 is 0 Å². The predicted molar refractivity (Wildman–Crippen MR) is 34.9 cm³/mol. The van der Waals surface area contributed by atoms with Crippen molar-refractivity contribution in [2.45, 2.75) is 20.8 Å². The molecule has 52 valence electrons. The molecule has 0 atom stereocenters. The maximum absolute atomic E-state index is 8.07. The van der Waals surface area contributed by atoms with E-state index in [1.165, 1.54) is 0 Å². The molecule has 0 rings (SSSR count). The van der Waals surface area contributed by atoms with Gasteiger partial charge >= 0.3 is 0 Å². The van der Waals surface area contributed by atoms with Crippen LogP contribution >= 0.6 is 0 Å². The van der Waals surface area contributed by atoms with E-state index < -0.39 is 0 Å². The molecule has 0 radical (unpaired) electrons. The summed E-state index contributed by atoms with van der Waals surface area (Å²) in [4.78, 5) is 0. The largest absolute Gasteiger partial charge is 0.394 e. The van der Waals surface area contributed by atoms with E-state index in [0.717, 1.165) is 0 Å². The summed E-state index contributed by atoms with van der Waals surface area (Å²) in [5.41, 5.74) is 0. The van der Waals surface area contributed by atoms with Gasteiger partial charge in [-0.1, -0.05) is 13.8 Å². The third kappa shape index (κ3) is 16.8. The Morgan fingerprint density at radius 3 is 2.00 bits per heavy atom. The maximum Gasteiger partial charge on any atom is 0.0697 e. The fourth-order valence-electron chi connectivity index (χ4n) is 0.209. The third-order valence-corrected chi connectivity index (χ3v) is 0.440. The van der Waals surface area contributed by atoms with Crippen molar-refractivity contribution < 1.29 is 9.84 Å². The van der Waals surface area contributed by atoms with Crippen molar-refractivity contribution in [3.05, 3.63) is 0 Å². The van der Waals surface area contributed by atoms with Gasteiger partial charge in [0.1, 0.15) is 0 Å². The van der Waals surface area contributed by atoms with Crippen LogP contribution in [0.15, 0.2) is 0 Å². The van der Waals surface area contributed by atoms with Crippen molar-refractivity contribution in [1.29, 1.82) is 0 Å². The van der Waals surface area contributed by atoms with Crippen LogP contribution in [0.3, 0.4) is 0 Å². The monoisotopic (exact) mass is 120 g/mol. The lowest BCUT2D eigenvalue weighted by Crippen LogP contribution is -1.96. The highest BCUT2D eigenvalue weighted by Gasteiger charge is 1.73. The number of rotatable bonds is 3. The first kappa shape index (κ1) is 10.8. The van der Waals surface area contributed by atoms with E-state index in [1.807, 2.05) is 20.8 Å². The van der Waals surface area contributed by atoms with Crippen LogP contribution in [0, 0.1) is 0 Å². The summed E-state index contributed by atoms with van der Waals surface area (Å²) in [7, 11) is 0. The zero-order valence-corrected chi connectivity index (χ0v) is 5.98. The molecule has 0 aliphatic heterocycles. The molecule has 2 heteroatoms. The molecule has 8 heavy (non-hydrogen) atoms. The summed E-state index contributed by atoms with van der Waals surface area (Å²) >= 11 is 0. The van der Waals surface area contributed by atoms with Gasteiger partial charge in [0.05, 0.1) is 13.2 Å². The van der Waals surface area contributed by atoms with Gasteiger partial charge in [0.25, 0.3) is 0 Å². The highest BCUT2D eigenvalue weighted by Crippen LogP contribution is 1.66. The zero-order chi connectivity index (χ0) is 6.83. The van der Waals surface area contributed by atoms with Crippen LogP contribution in [0.2, 0.25) is 0 Å². The Labute approximate surface area is 51.5 Å². The van der Waals surface area contributed by atoms with Crippen LogP contribution in [0.1, 0.15) is 20.8 Å². The van der Waals surface area contributed by atoms with Crippen LogP contribution in [-0.2, 0) is 4.74 Å². The molecule has 0 aliphatic rings. The SMILES string of the molecule is CC.CCOCCO. The number of hydrogen-bond acceptors (Lipinski definition) is 2. The Bertz CT molecular complexity index is 18.5. The summed E-state index contributed by atoms with van der Waals surface area (Å²) in [6, 6.07) is 0. The van der Waals surface area contributed by atoms with E-state index in [2.05, 4.69) is 0 Å². The van der Waals surface area contributed by atoms with Gasteiger partial charge in [0, 0.05) is 6.61 Å². The molecule has 0 aromatic heterocycles. The average molecular weight is 120 g/mol. The second-order valence-electron chi connectivity index (χ2n) is 0.921. The van der Waals surface area contributed by atoms with Crippen LogP contribution < -0.4 is 0 Å². The minimum atomic E-state index is 0.133. The number of ether oxygens (including phenoxy) is 1. The molecule has 0 bridgehead atoms. The standard InChI is InChI=1S/C4H10O2.C2H6/c1-2-6-4-3-5;1-2/h5H,2-4H2,1H3;1-2H3. The summed E-state index contributed by atoms with van der Waals surface area (Å²) in [5, 5.41) is 8.07. The number of aliphatic hydroxyl groups is 1. The van der Waals surface area contributed by atoms with Gasteiger partial charge in [-0.3, -0.25) is 0 Å². The smallest absolute Gasteiger partial charge is 0.0697 e. The molecule has 0 amide bonds. The van der Waals surface area contributed by atoms with E-state index in [9.17, 15) is 0 Å². The predicted octanol–water partition coefficient (Wildman–Crippen LogP) is 1.04. The van der Waals surface area contributed by atoms with Gasteiger partial charge in [-0.05, 0) is 6.92 Å². The average Bonchev–Trinajstić information content (AvgIpc) is 1.88. The highest BCUT2D eigenvalue weighted by atomic mass is 16.5.